The average molecular weight is 311 g/mol. The third-order valence-corrected chi connectivity index (χ3v) is 3.72. The Bertz CT molecular complexity index is 861. The molecule has 0 saturated heterocycles. The Morgan fingerprint density at radius 1 is 0.826 bits per heavy atom. The highest BCUT2D eigenvalue weighted by molar-refractivity contribution is 5.96. The Balaban J connectivity index is 2.25. The Morgan fingerprint density at radius 3 is 2.22 bits per heavy atom. The quantitative estimate of drug-likeness (QED) is 0.797. The van der Waals surface area contributed by atoms with Gasteiger partial charge in [0.15, 0.2) is 23.0 Å². The van der Waals surface area contributed by atoms with Crippen LogP contribution in [-0.2, 0) is 0 Å². The molecule has 0 amide bonds. The number of rotatable bonds is 4. The number of pyridine rings is 1. The molecule has 1 N–H and O–H groups in total. The number of nitrogens with zero attached hydrogens (tertiary/aromatic N) is 1. The Kier molecular flexibility index (Phi) is 3.93. The number of phenolic OH excluding ortho intramolecular Hbond substituents is 1. The van der Waals surface area contributed by atoms with E-state index in [0.717, 1.165) is 22.0 Å². The molecule has 23 heavy (non-hydrogen) atoms. The molecule has 0 aliphatic rings. The minimum Gasteiger partial charge on any atom is -0.504 e. The van der Waals surface area contributed by atoms with Gasteiger partial charge in [-0.05, 0) is 41.8 Å². The molecule has 0 unspecified atom stereocenters. The first kappa shape index (κ1) is 15.0. The molecular weight excluding hydrogens is 294 g/mol. The summed E-state index contributed by atoms with van der Waals surface area (Å²) >= 11 is 0. The Morgan fingerprint density at radius 2 is 1.52 bits per heavy atom. The smallest absolute Gasteiger partial charge is 0.161 e. The Labute approximate surface area is 134 Å². The molecule has 0 spiro atoms. The summed E-state index contributed by atoms with van der Waals surface area (Å²) < 4.78 is 15.9. The molecule has 3 aromatic rings. The first-order valence-corrected chi connectivity index (χ1v) is 7.06. The van der Waals surface area contributed by atoms with Gasteiger partial charge in [-0.3, -0.25) is 4.98 Å². The maximum absolute atomic E-state index is 9.76. The van der Waals surface area contributed by atoms with Crippen LogP contribution in [-0.4, -0.2) is 31.4 Å². The monoisotopic (exact) mass is 311 g/mol. The molecule has 118 valence electrons. The van der Waals surface area contributed by atoms with E-state index in [1.807, 2.05) is 18.2 Å². The number of methoxy groups -OCH3 is 3. The van der Waals surface area contributed by atoms with E-state index >= 15 is 0 Å². The second-order valence-electron chi connectivity index (χ2n) is 4.97. The normalized spacial score (nSPS) is 10.6. The van der Waals surface area contributed by atoms with Crippen LogP contribution in [0.15, 0.2) is 42.6 Å². The molecule has 0 saturated carbocycles. The highest BCUT2D eigenvalue weighted by Gasteiger charge is 2.12. The number of hydrogen-bond donors (Lipinski definition) is 1. The Hall–Kier alpha value is -2.95. The van der Waals surface area contributed by atoms with Crippen molar-refractivity contribution in [3.63, 3.8) is 0 Å². The van der Waals surface area contributed by atoms with Gasteiger partial charge in [-0.25, -0.2) is 0 Å². The highest BCUT2D eigenvalue weighted by Crippen LogP contribution is 2.38. The minimum atomic E-state index is 0.0933. The van der Waals surface area contributed by atoms with Crippen molar-refractivity contribution in [2.24, 2.45) is 0 Å². The lowest BCUT2D eigenvalue weighted by molar-refractivity contribution is 0.356. The van der Waals surface area contributed by atoms with Gasteiger partial charge >= 0.3 is 0 Å². The minimum absolute atomic E-state index is 0.0933. The van der Waals surface area contributed by atoms with Gasteiger partial charge in [0.25, 0.3) is 0 Å². The standard InChI is InChI=1S/C18H17NO4/c1-21-15-9-12(4-5-14(15)20)18-13-10-17(23-3)16(22-2)8-11(13)6-7-19-18/h4-10,20H,1-3H3. The number of fused-ring (bicyclic) bond motifs is 1. The number of ether oxygens (including phenoxy) is 3. The molecule has 2 aromatic carbocycles. The van der Waals surface area contributed by atoms with Crippen LogP contribution in [0.3, 0.4) is 0 Å². The van der Waals surface area contributed by atoms with Crippen molar-refractivity contribution >= 4 is 10.8 Å². The molecule has 5 heteroatoms. The van der Waals surface area contributed by atoms with E-state index in [0.29, 0.717) is 17.2 Å². The third-order valence-electron chi connectivity index (χ3n) is 3.72. The van der Waals surface area contributed by atoms with E-state index in [4.69, 9.17) is 14.2 Å². The number of benzene rings is 2. The van der Waals surface area contributed by atoms with Crippen molar-refractivity contribution in [1.82, 2.24) is 4.98 Å². The molecule has 0 bridgehead atoms. The molecule has 1 aromatic heterocycles. The zero-order valence-corrected chi connectivity index (χ0v) is 13.2. The zero-order valence-electron chi connectivity index (χ0n) is 13.2. The third kappa shape index (κ3) is 2.61. The summed E-state index contributed by atoms with van der Waals surface area (Å²) in [5.74, 6) is 1.80. The predicted octanol–water partition coefficient (Wildman–Crippen LogP) is 3.63. The van der Waals surface area contributed by atoms with Crippen LogP contribution in [0.4, 0.5) is 0 Å². The van der Waals surface area contributed by atoms with Crippen molar-refractivity contribution in [3.05, 3.63) is 42.6 Å². The summed E-state index contributed by atoms with van der Waals surface area (Å²) in [5.41, 5.74) is 1.62. The number of phenols is 1. The van der Waals surface area contributed by atoms with Gasteiger partial charge in [0.2, 0.25) is 0 Å². The van der Waals surface area contributed by atoms with E-state index in [1.165, 1.54) is 7.11 Å². The van der Waals surface area contributed by atoms with Gasteiger partial charge in [-0.1, -0.05) is 0 Å². The summed E-state index contributed by atoms with van der Waals surface area (Å²) in [6, 6.07) is 10.9. The lowest BCUT2D eigenvalue weighted by Gasteiger charge is -2.12. The topological polar surface area (TPSA) is 60.8 Å². The van der Waals surface area contributed by atoms with E-state index in [2.05, 4.69) is 4.98 Å². The van der Waals surface area contributed by atoms with Crippen molar-refractivity contribution < 1.29 is 19.3 Å². The van der Waals surface area contributed by atoms with Crippen LogP contribution in [0.5, 0.6) is 23.0 Å². The summed E-state index contributed by atoms with van der Waals surface area (Å²) in [7, 11) is 4.73. The largest absolute Gasteiger partial charge is 0.504 e. The molecule has 0 aliphatic carbocycles. The van der Waals surface area contributed by atoms with Gasteiger partial charge in [0.1, 0.15) is 0 Å². The van der Waals surface area contributed by atoms with Crippen LogP contribution in [0.2, 0.25) is 0 Å². The molecule has 5 nitrogen and oxygen atoms in total. The maximum Gasteiger partial charge on any atom is 0.161 e. The number of hydrogen-bond acceptors (Lipinski definition) is 5. The fraction of sp³-hybridized carbons (Fsp3) is 0.167. The van der Waals surface area contributed by atoms with E-state index in [-0.39, 0.29) is 5.75 Å². The summed E-state index contributed by atoms with van der Waals surface area (Å²) in [5, 5.41) is 11.7. The van der Waals surface area contributed by atoms with Gasteiger partial charge < -0.3 is 19.3 Å². The second-order valence-corrected chi connectivity index (χ2v) is 4.97. The van der Waals surface area contributed by atoms with Gasteiger partial charge in [0.05, 0.1) is 27.0 Å². The second kappa shape index (κ2) is 6.04. The predicted molar refractivity (Wildman–Crippen MR) is 88.5 cm³/mol. The zero-order chi connectivity index (χ0) is 16.4. The molecular formula is C18H17NO4. The SMILES string of the molecule is COc1cc(-c2nccc3cc(OC)c(OC)cc23)ccc1O. The number of aromatic hydroxyl groups is 1. The van der Waals surface area contributed by atoms with Crippen LogP contribution >= 0.6 is 0 Å². The maximum atomic E-state index is 9.76. The molecule has 0 aliphatic heterocycles. The summed E-state index contributed by atoms with van der Waals surface area (Å²) in [4.78, 5) is 4.48. The lowest BCUT2D eigenvalue weighted by atomic mass is 10.0. The van der Waals surface area contributed by atoms with Crippen molar-refractivity contribution in [2.75, 3.05) is 21.3 Å². The van der Waals surface area contributed by atoms with Crippen LogP contribution < -0.4 is 14.2 Å². The molecule has 0 radical (unpaired) electrons. The first-order valence-electron chi connectivity index (χ1n) is 7.06. The van der Waals surface area contributed by atoms with Crippen molar-refractivity contribution in [2.45, 2.75) is 0 Å². The molecule has 0 atom stereocenters. The summed E-state index contributed by atoms with van der Waals surface area (Å²) in [6.45, 7) is 0. The van der Waals surface area contributed by atoms with Crippen LogP contribution in [0.1, 0.15) is 0 Å². The molecule has 1 heterocycles. The fourth-order valence-corrected chi connectivity index (χ4v) is 2.55. The first-order chi connectivity index (χ1) is 11.2. The van der Waals surface area contributed by atoms with Gasteiger partial charge in [-0.2, -0.15) is 0 Å². The highest BCUT2D eigenvalue weighted by atomic mass is 16.5. The van der Waals surface area contributed by atoms with E-state index in [1.54, 1.807) is 38.6 Å². The molecule has 3 rings (SSSR count). The summed E-state index contributed by atoms with van der Waals surface area (Å²) in [6.07, 6.45) is 1.74. The van der Waals surface area contributed by atoms with Crippen LogP contribution in [0.25, 0.3) is 22.0 Å². The van der Waals surface area contributed by atoms with Crippen molar-refractivity contribution in [1.29, 1.82) is 0 Å². The number of aromatic nitrogens is 1. The average Bonchev–Trinajstić information content (AvgIpc) is 2.60. The van der Waals surface area contributed by atoms with Crippen molar-refractivity contribution in [3.8, 4) is 34.3 Å². The van der Waals surface area contributed by atoms with E-state index in [9.17, 15) is 5.11 Å². The van der Waals surface area contributed by atoms with Gasteiger partial charge in [-0.15, -0.1) is 0 Å². The fourth-order valence-electron chi connectivity index (χ4n) is 2.55. The lowest BCUT2D eigenvalue weighted by Crippen LogP contribution is -1.93. The van der Waals surface area contributed by atoms with E-state index < -0.39 is 0 Å². The van der Waals surface area contributed by atoms with Gasteiger partial charge in [0, 0.05) is 17.1 Å². The molecule has 0 fully saturated rings. The van der Waals surface area contributed by atoms with Crippen LogP contribution in [0, 0.1) is 0 Å².